The first-order valence-corrected chi connectivity index (χ1v) is 9.41. The zero-order valence-corrected chi connectivity index (χ0v) is 16.6. The summed E-state index contributed by atoms with van der Waals surface area (Å²) in [4.78, 5) is 42.0. The van der Waals surface area contributed by atoms with Gasteiger partial charge in [0, 0.05) is 43.5 Å². The molecule has 2 aromatic heterocycles. The van der Waals surface area contributed by atoms with Gasteiger partial charge in [0.25, 0.3) is 5.91 Å². The number of para-hydroxylation sites is 1. The van der Waals surface area contributed by atoms with Crippen molar-refractivity contribution in [3.05, 3.63) is 47.8 Å². The summed E-state index contributed by atoms with van der Waals surface area (Å²) in [6.45, 7) is 4.71. The Morgan fingerprint density at radius 2 is 1.93 bits per heavy atom. The molecule has 1 aliphatic heterocycles. The Bertz CT molecular complexity index is 1110. The van der Waals surface area contributed by atoms with Crippen molar-refractivity contribution in [2.75, 3.05) is 25.9 Å². The summed E-state index contributed by atoms with van der Waals surface area (Å²) in [5.41, 5.74) is 9.05. The predicted octanol–water partition coefficient (Wildman–Crippen LogP) is 1.89. The maximum absolute atomic E-state index is 13.5. The average molecular weight is 390 g/mol. The van der Waals surface area contributed by atoms with Crippen LogP contribution in [0.15, 0.2) is 36.7 Å². The van der Waals surface area contributed by atoms with Gasteiger partial charge in [0.05, 0.1) is 16.8 Å². The Hall–Kier alpha value is -3.55. The number of aryl methyl sites for hydroxylation is 1. The van der Waals surface area contributed by atoms with E-state index in [9.17, 15) is 9.59 Å². The molecule has 0 bridgehead atoms. The molecule has 0 unspecified atom stereocenters. The second-order valence-electron chi connectivity index (χ2n) is 7.29. The van der Waals surface area contributed by atoms with E-state index in [-0.39, 0.29) is 17.8 Å². The minimum atomic E-state index is -0.516. The number of hydrogen-bond acceptors (Lipinski definition) is 6. The number of piperazine rings is 1. The Balaban J connectivity index is 1.86. The van der Waals surface area contributed by atoms with E-state index in [4.69, 9.17) is 10.7 Å². The number of hydrogen-bond donors (Lipinski definition) is 1. The van der Waals surface area contributed by atoms with Crippen LogP contribution in [-0.4, -0.2) is 62.7 Å². The largest absolute Gasteiger partial charge is 0.368 e. The monoisotopic (exact) mass is 390 g/mol. The van der Waals surface area contributed by atoms with E-state index < -0.39 is 6.04 Å². The second-order valence-corrected chi connectivity index (χ2v) is 7.29. The molecule has 1 atom stereocenters. The fourth-order valence-electron chi connectivity index (χ4n) is 3.63. The first kappa shape index (κ1) is 18.8. The molecule has 1 aromatic carbocycles. The van der Waals surface area contributed by atoms with Crippen molar-refractivity contribution >= 4 is 28.7 Å². The molecule has 0 radical (unpaired) electrons. The number of anilines is 1. The molecular weight excluding hydrogens is 368 g/mol. The molecule has 8 heteroatoms. The van der Waals surface area contributed by atoms with E-state index in [0.29, 0.717) is 29.9 Å². The van der Waals surface area contributed by atoms with Crippen LogP contribution in [0.2, 0.25) is 0 Å². The molecule has 1 aliphatic rings. The molecule has 29 heavy (non-hydrogen) atoms. The first-order chi connectivity index (χ1) is 13.9. The number of carbonyl (C=O) groups excluding carboxylic acids is 2. The number of nitrogens with zero attached hydrogens (tertiary/aromatic N) is 5. The standard InChI is InChI=1S/C21H22N6O2/c1-12-5-4-6-15-16(20(29)27-8-7-26(3)19(28)13(27)2)9-17(25-18(12)15)14-10-23-21(22)24-11-14/h4-6,9-11,13H,7-8H2,1-3H3,(H2,22,23,24)/t13-/m0/s1. The van der Waals surface area contributed by atoms with Crippen LogP contribution in [0.4, 0.5) is 5.95 Å². The van der Waals surface area contributed by atoms with E-state index >= 15 is 0 Å². The zero-order chi connectivity index (χ0) is 20.7. The second kappa shape index (κ2) is 7.12. The highest BCUT2D eigenvalue weighted by molar-refractivity contribution is 6.09. The lowest BCUT2D eigenvalue weighted by molar-refractivity contribution is -0.137. The van der Waals surface area contributed by atoms with Crippen molar-refractivity contribution in [1.29, 1.82) is 0 Å². The predicted molar refractivity (Wildman–Crippen MR) is 110 cm³/mol. The molecule has 2 amide bonds. The van der Waals surface area contributed by atoms with E-state index in [0.717, 1.165) is 16.5 Å². The normalized spacial score (nSPS) is 17.1. The van der Waals surface area contributed by atoms with Crippen LogP contribution >= 0.6 is 0 Å². The van der Waals surface area contributed by atoms with Gasteiger partial charge in [-0.25, -0.2) is 15.0 Å². The lowest BCUT2D eigenvalue weighted by Crippen LogP contribution is -2.56. The maximum atomic E-state index is 13.5. The fourth-order valence-corrected chi connectivity index (χ4v) is 3.63. The summed E-state index contributed by atoms with van der Waals surface area (Å²) < 4.78 is 0. The average Bonchev–Trinajstić information content (AvgIpc) is 2.72. The van der Waals surface area contributed by atoms with Crippen molar-refractivity contribution in [3.8, 4) is 11.3 Å². The number of amides is 2. The van der Waals surface area contributed by atoms with Gasteiger partial charge in [-0.15, -0.1) is 0 Å². The molecule has 0 saturated carbocycles. The Labute approximate surface area is 168 Å². The summed E-state index contributed by atoms with van der Waals surface area (Å²) in [6.07, 6.45) is 3.18. The summed E-state index contributed by atoms with van der Waals surface area (Å²) >= 11 is 0. The molecule has 2 N–H and O–H groups in total. The summed E-state index contributed by atoms with van der Waals surface area (Å²) in [5, 5.41) is 0.758. The number of nitrogen functional groups attached to an aromatic ring is 1. The van der Waals surface area contributed by atoms with Gasteiger partial charge in [-0.1, -0.05) is 18.2 Å². The number of benzene rings is 1. The quantitative estimate of drug-likeness (QED) is 0.716. The number of aromatic nitrogens is 3. The van der Waals surface area contributed by atoms with E-state index in [2.05, 4.69) is 9.97 Å². The third kappa shape index (κ3) is 3.26. The van der Waals surface area contributed by atoms with E-state index in [1.54, 1.807) is 42.2 Å². The highest BCUT2D eigenvalue weighted by Crippen LogP contribution is 2.28. The van der Waals surface area contributed by atoms with Crippen LogP contribution in [-0.2, 0) is 4.79 Å². The Morgan fingerprint density at radius 3 is 2.66 bits per heavy atom. The van der Waals surface area contributed by atoms with E-state index in [1.807, 2.05) is 25.1 Å². The van der Waals surface area contributed by atoms with Crippen molar-refractivity contribution in [3.63, 3.8) is 0 Å². The fraction of sp³-hybridized carbons (Fsp3) is 0.286. The van der Waals surface area contributed by atoms with Gasteiger partial charge in [-0.05, 0) is 25.5 Å². The van der Waals surface area contributed by atoms with Crippen LogP contribution in [0.25, 0.3) is 22.2 Å². The van der Waals surface area contributed by atoms with Crippen LogP contribution in [0.1, 0.15) is 22.8 Å². The minimum absolute atomic E-state index is 0.0636. The number of carbonyl (C=O) groups is 2. The van der Waals surface area contributed by atoms with Crippen molar-refractivity contribution < 1.29 is 9.59 Å². The van der Waals surface area contributed by atoms with Gasteiger partial charge in [0.15, 0.2) is 0 Å². The lowest BCUT2D eigenvalue weighted by Gasteiger charge is -2.37. The van der Waals surface area contributed by atoms with Gasteiger partial charge in [0.2, 0.25) is 11.9 Å². The van der Waals surface area contributed by atoms with Crippen molar-refractivity contribution in [2.24, 2.45) is 0 Å². The highest BCUT2D eigenvalue weighted by atomic mass is 16.2. The van der Waals surface area contributed by atoms with Crippen LogP contribution < -0.4 is 5.73 Å². The molecule has 0 spiro atoms. The van der Waals surface area contributed by atoms with Gasteiger partial charge in [-0.3, -0.25) is 9.59 Å². The number of pyridine rings is 1. The Morgan fingerprint density at radius 1 is 1.21 bits per heavy atom. The van der Waals surface area contributed by atoms with Crippen LogP contribution in [0.5, 0.6) is 0 Å². The molecular formula is C21H22N6O2. The lowest BCUT2D eigenvalue weighted by atomic mass is 10.0. The van der Waals surface area contributed by atoms with Gasteiger partial charge >= 0.3 is 0 Å². The maximum Gasteiger partial charge on any atom is 0.255 e. The molecule has 1 fully saturated rings. The molecule has 4 rings (SSSR count). The van der Waals surface area contributed by atoms with Gasteiger partial charge in [0.1, 0.15) is 6.04 Å². The topological polar surface area (TPSA) is 105 Å². The van der Waals surface area contributed by atoms with Crippen LogP contribution in [0.3, 0.4) is 0 Å². The third-order valence-electron chi connectivity index (χ3n) is 5.38. The molecule has 8 nitrogen and oxygen atoms in total. The van der Waals surface area contributed by atoms with Crippen molar-refractivity contribution in [1.82, 2.24) is 24.8 Å². The third-order valence-corrected chi connectivity index (χ3v) is 5.38. The zero-order valence-electron chi connectivity index (χ0n) is 16.6. The smallest absolute Gasteiger partial charge is 0.255 e. The molecule has 1 saturated heterocycles. The molecule has 148 valence electrons. The number of nitrogens with two attached hydrogens (primary N) is 1. The number of fused-ring (bicyclic) bond motifs is 1. The van der Waals surface area contributed by atoms with E-state index in [1.165, 1.54) is 0 Å². The molecule has 0 aliphatic carbocycles. The van der Waals surface area contributed by atoms with Gasteiger partial charge < -0.3 is 15.5 Å². The first-order valence-electron chi connectivity index (χ1n) is 9.41. The molecule has 3 heterocycles. The summed E-state index contributed by atoms with van der Waals surface area (Å²) in [7, 11) is 1.76. The SMILES string of the molecule is Cc1cccc2c(C(=O)N3CCN(C)C(=O)[C@@H]3C)cc(-c3cnc(N)nc3)nc12. The minimum Gasteiger partial charge on any atom is -0.368 e. The van der Waals surface area contributed by atoms with Crippen molar-refractivity contribution in [2.45, 2.75) is 19.9 Å². The Kier molecular flexibility index (Phi) is 4.62. The van der Waals surface area contributed by atoms with Crippen LogP contribution in [0, 0.1) is 6.92 Å². The highest BCUT2D eigenvalue weighted by Gasteiger charge is 2.33. The molecule has 3 aromatic rings. The number of likely N-dealkylation sites (N-methyl/N-ethyl adjacent to an activating group) is 1. The number of rotatable bonds is 2. The summed E-state index contributed by atoms with van der Waals surface area (Å²) in [5.74, 6) is -0.0762. The summed E-state index contributed by atoms with van der Waals surface area (Å²) in [6, 6.07) is 6.97. The van der Waals surface area contributed by atoms with Gasteiger partial charge in [-0.2, -0.15) is 0 Å².